The molecule has 0 spiro atoms. The molecule has 6 atom stereocenters. The Kier molecular flexibility index (Phi) is 26.5. The SMILES string of the molecule is CCCCCCCCC(NC(=O)[C@@H]1CCCN1C(=O)CCCCC)C(=O)NC(C(=O)NC(CC(C)C)C(=O)NC(C)(C)C(=O)NC(C)(C)C(=O)NCCC(=O)NC(C)CN(C)C)C(C)O. The lowest BCUT2D eigenvalue weighted by Gasteiger charge is -2.33. The third-order valence-electron chi connectivity index (χ3n) is 11.4. The Morgan fingerprint density at radius 2 is 1.29 bits per heavy atom. The second-order valence-corrected chi connectivity index (χ2v) is 19.7. The van der Waals surface area contributed by atoms with Gasteiger partial charge in [0.1, 0.15) is 35.2 Å². The van der Waals surface area contributed by atoms with Crippen LogP contribution in [0.25, 0.3) is 0 Å². The van der Waals surface area contributed by atoms with Gasteiger partial charge in [0.05, 0.1) is 6.10 Å². The van der Waals surface area contributed by atoms with Crippen LogP contribution in [0.4, 0.5) is 0 Å². The molecule has 374 valence electrons. The van der Waals surface area contributed by atoms with Crippen molar-refractivity contribution < 1.29 is 43.5 Å². The molecule has 8 amide bonds. The number of nitrogens with zero attached hydrogens (tertiary/aromatic N) is 2. The third-order valence-corrected chi connectivity index (χ3v) is 11.4. The standard InChI is InChI=1S/C47H87N9O9/c1-13-15-17-18-19-21-23-34(50-42(62)36-24-22-28-56(36)38(59)25-20-16-14-2)40(60)52-39(33(6)57)43(63)51-35(29-31(3)4)41(61)53-47(9,10)45(65)54-46(7,8)44(64)48-27-26-37(58)49-32(5)30-55(11)12/h31-36,39,57H,13-30H2,1-12H3,(H,48,64)(H,49,58)(H,50,62)(H,51,63)(H,52,60)(H,53,61)(H,54,65)/t32?,33?,34?,35?,36-,39?/m0/s1. The lowest BCUT2D eigenvalue weighted by atomic mass is 9.97. The summed E-state index contributed by atoms with van der Waals surface area (Å²) in [6.45, 7) is 18.1. The molecular weight excluding hydrogens is 835 g/mol. The number of aliphatic hydroxyl groups excluding tert-OH is 1. The van der Waals surface area contributed by atoms with Crippen LogP contribution in [0.1, 0.15) is 166 Å². The molecule has 0 saturated carbocycles. The average molecular weight is 922 g/mol. The van der Waals surface area contributed by atoms with Gasteiger partial charge in [0.15, 0.2) is 0 Å². The lowest BCUT2D eigenvalue weighted by Crippen LogP contribution is -2.65. The average Bonchev–Trinajstić information content (AvgIpc) is 3.70. The van der Waals surface area contributed by atoms with Crippen LogP contribution in [0.2, 0.25) is 0 Å². The van der Waals surface area contributed by atoms with E-state index in [4.69, 9.17) is 0 Å². The van der Waals surface area contributed by atoms with E-state index in [9.17, 15) is 43.5 Å². The number of aliphatic hydroxyl groups is 1. The van der Waals surface area contributed by atoms with Gasteiger partial charge in [0, 0.05) is 38.5 Å². The predicted octanol–water partition coefficient (Wildman–Crippen LogP) is 2.55. The van der Waals surface area contributed by atoms with Crippen molar-refractivity contribution in [2.75, 3.05) is 33.7 Å². The zero-order chi connectivity index (χ0) is 49.5. The fourth-order valence-corrected chi connectivity index (χ4v) is 7.70. The fourth-order valence-electron chi connectivity index (χ4n) is 7.70. The molecule has 0 aromatic carbocycles. The molecule has 1 heterocycles. The van der Waals surface area contributed by atoms with Crippen molar-refractivity contribution >= 4 is 47.3 Å². The normalized spacial score (nSPS) is 16.5. The molecule has 0 aromatic heterocycles. The molecule has 0 aromatic rings. The summed E-state index contributed by atoms with van der Waals surface area (Å²) in [7, 11) is 3.80. The van der Waals surface area contributed by atoms with Crippen LogP contribution >= 0.6 is 0 Å². The molecule has 0 aliphatic carbocycles. The van der Waals surface area contributed by atoms with E-state index in [-0.39, 0.29) is 49.6 Å². The summed E-state index contributed by atoms with van der Waals surface area (Å²) in [4.78, 5) is 111. The number of likely N-dealkylation sites (tertiary alicyclic amines) is 1. The monoisotopic (exact) mass is 922 g/mol. The Morgan fingerprint density at radius 1 is 0.692 bits per heavy atom. The molecule has 1 rings (SSSR count). The first-order valence-corrected chi connectivity index (χ1v) is 24.1. The molecule has 65 heavy (non-hydrogen) atoms. The molecule has 0 radical (unpaired) electrons. The fraction of sp³-hybridized carbons (Fsp3) is 0.830. The maximum Gasteiger partial charge on any atom is 0.246 e. The van der Waals surface area contributed by atoms with E-state index in [1.807, 2.05) is 39.8 Å². The molecule has 5 unspecified atom stereocenters. The van der Waals surface area contributed by atoms with Gasteiger partial charge in [-0.25, -0.2) is 0 Å². The number of amides is 8. The highest BCUT2D eigenvalue weighted by Gasteiger charge is 2.40. The Morgan fingerprint density at radius 3 is 1.89 bits per heavy atom. The van der Waals surface area contributed by atoms with E-state index >= 15 is 0 Å². The van der Waals surface area contributed by atoms with Gasteiger partial charge < -0.3 is 52.1 Å². The molecule has 18 heteroatoms. The van der Waals surface area contributed by atoms with Gasteiger partial charge in [-0.15, -0.1) is 0 Å². The minimum Gasteiger partial charge on any atom is -0.391 e. The van der Waals surface area contributed by atoms with Crippen molar-refractivity contribution in [2.24, 2.45) is 5.92 Å². The number of hydrogen-bond acceptors (Lipinski definition) is 10. The molecule has 8 N–H and O–H groups in total. The van der Waals surface area contributed by atoms with Gasteiger partial charge in [0.25, 0.3) is 0 Å². The number of likely N-dealkylation sites (N-methyl/N-ethyl adjacent to an activating group) is 1. The van der Waals surface area contributed by atoms with E-state index in [1.54, 1.807) is 4.90 Å². The number of carbonyl (C=O) groups excluding carboxylic acids is 8. The summed E-state index contributed by atoms with van der Waals surface area (Å²) in [6.07, 6.45) is 8.76. The van der Waals surface area contributed by atoms with Crippen molar-refractivity contribution in [3.05, 3.63) is 0 Å². The van der Waals surface area contributed by atoms with Crippen molar-refractivity contribution in [3.8, 4) is 0 Å². The molecule has 18 nitrogen and oxygen atoms in total. The van der Waals surface area contributed by atoms with Crippen LogP contribution in [0.15, 0.2) is 0 Å². The zero-order valence-corrected chi connectivity index (χ0v) is 41.9. The summed E-state index contributed by atoms with van der Waals surface area (Å²) < 4.78 is 0. The summed E-state index contributed by atoms with van der Waals surface area (Å²) in [6, 6.07) is -4.56. The van der Waals surface area contributed by atoms with Crippen LogP contribution in [0.5, 0.6) is 0 Å². The van der Waals surface area contributed by atoms with E-state index < -0.39 is 76.8 Å². The number of unbranched alkanes of at least 4 members (excludes halogenated alkanes) is 7. The second kappa shape index (κ2) is 29.3. The minimum absolute atomic E-state index is 0.0374. The number of hydrogen-bond donors (Lipinski definition) is 8. The van der Waals surface area contributed by atoms with Crippen molar-refractivity contribution in [2.45, 2.75) is 213 Å². The smallest absolute Gasteiger partial charge is 0.246 e. The summed E-state index contributed by atoms with van der Waals surface area (Å²) in [5.74, 6) is -4.35. The quantitative estimate of drug-likeness (QED) is 0.0473. The zero-order valence-electron chi connectivity index (χ0n) is 41.9. The summed E-state index contributed by atoms with van der Waals surface area (Å²) in [5, 5.41) is 29.9. The highest BCUT2D eigenvalue weighted by molar-refractivity contribution is 5.99. The number of nitrogens with one attached hydrogen (secondary N) is 7. The minimum atomic E-state index is -1.58. The van der Waals surface area contributed by atoms with Gasteiger partial charge in [-0.1, -0.05) is 79.1 Å². The Balaban J connectivity index is 3.11. The van der Waals surface area contributed by atoms with Crippen LogP contribution in [0.3, 0.4) is 0 Å². The first-order chi connectivity index (χ1) is 30.4. The molecule has 1 aliphatic heterocycles. The molecular formula is C47H87N9O9. The van der Waals surface area contributed by atoms with Crippen LogP contribution in [0, 0.1) is 5.92 Å². The van der Waals surface area contributed by atoms with E-state index in [2.05, 4.69) is 51.1 Å². The summed E-state index contributed by atoms with van der Waals surface area (Å²) in [5.41, 5.74) is -3.01. The van der Waals surface area contributed by atoms with Gasteiger partial charge in [-0.05, 0) is 93.7 Å². The maximum atomic E-state index is 14.0. The molecule has 0 bridgehead atoms. The molecule has 1 saturated heterocycles. The number of rotatable bonds is 31. The largest absolute Gasteiger partial charge is 0.391 e. The van der Waals surface area contributed by atoms with Crippen LogP contribution < -0.4 is 37.2 Å². The highest BCUT2D eigenvalue weighted by Crippen LogP contribution is 2.21. The highest BCUT2D eigenvalue weighted by atomic mass is 16.3. The topological polar surface area (TPSA) is 247 Å². The third kappa shape index (κ3) is 22.1. The lowest BCUT2D eigenvalue weighted by molar-refractivity contribution is -0.140. The van der Waals surface area contributed by atoms with Crippen molar-refractivity contribution in [1.82, 2.24) is 47.0 Å². The van der Waals surface area contributed by atoms with E-state index in [0.29, 0.717) is 38.8 Å². The Bertz CT molecular complexity index is 1550. The van der Waals surface area contributed by atoms with Crippen LogP contribution in [-0.2, 0) is 38.4 Å². The van der Waals surface area contributed by atoms with E-state index in [0.717, 1.165) is 51.4 Å². The summed E-state index contributed by atoms with van der Waals surface area (Å²) >= 11 is 0. The predicted molar refractivity (Wildman–Crippen MR) is 252 cm³/mol. The van der Waals surface area contributed by atoms with Crippen LogP contribution in [-0.4, -0.2) is 143 Å². The molecule has 1 aliphatic rings. The first kappa shape index (κ1) is 58.7. The maximum absolute atomic E-state index is 14.0. The van der Waals surface area contributed by atoms with Gasteiger partial charge in [-0.2, -0.15) is 0 Å². The first-order valence-electron chi connectivity index (χ1n) is 24.1. The Labute approximate surface area is 389 Å². The van der Waals surface area contributed by atoms with Crippen molar-refractivity contribution in [3.63, 3.8) is 0 Å². The van der Waals surface area contributed by atoms with Gasteiger partial charge in [0.2, 0.25) is 47.3 Å². The van der Waals surface area contributed by atoms with E-state index in [1.165, 1.54) is 34.6 Å². The van der Waals surface area contributed by atoms with Crippen molar-refractivity contribution in [1.29, 1.82) is 0 Å². The van der Waals surface area contributed by atoms with Gasteiger partial charge >= 0.3 is 0 Å². The second-order valence-electron chi connectivity index (χ2n) is 19.7. The number of carbonyl (C=O) groups is 8. The van der Waals surface area contributed by atoms with Gasteiger partial charge in [-0.3, -0.25) is 38.4 Å². The molecule has 1 fully saturated rings. The Hall–Kier alpha value is -4.32.